The molecule has 0 spiro atoms. The maximum atomic E-state index is 12.9. The number of nitrogens with zero attached hydrogens (tertiary/aromatic N) is 3. The Hall–Kier alpha value is -2.15. The predicted molar refractivity (Wildman–Crippen MR) is 105 cm³/mol. The van der Waals surface area contributed by atoms with Gasteiger partial charge in [-0.1, -0.05) is 6.92 Å². The minimum absolute atomic E-state index is 0.0590. The molecule has 0 bridgehead atoms. The van der Waals surface area contributed by atoms with Crippen LogP contribution in [0.2, 0.25) is 0 Å². The molecular formula is C21H30FN3O3. The van der Waals surface area contributed by atoms with Crippen LogP contribution in [0.25, 0.3) is 0 Å². The SMILES string of the molecule is CCC1CCCCN1C(=O)CN1CCN(C(=O)COc2ccc(F)cc2)CC1. The molecule has 28 heavy (non-hydrogen) atoms. The van der Waals surface area contributed by atoms with E-state index in [0.717, 1.165) is 25.8 Å². The second kappa shape index (κ2) is 9.87. The van der Waals surface area contributed by atoms with Crippen molar-refractivity contribution in [3.8, 4) is 5.75 Å². The van der Waals surface area contributed by atoms with Crippen LogP contribution in [0.4, 0.5) is 4.39 Å². The summed E-state index contributed by atoms with van der Waals surface area (Å²) in [6.45, 7) is 5.97. The van der Waals surface area contributed by atoms with Gasteiger partial charge in [0, 0.05) is 38.8 Å². The molecule has 1 unspecified atom stereocenters. The molecule has 2 heterocycles. The van der Waals surface area contributed by atoms with Crippen LogP contribution >= 0.6 is 0 Å². The van der Waals surface area contributed by atoms with Gasteiger partial charge in [-0.25, -0.2) is 4.39 Å². The van der Waals surface area contributed by atoms with Gasteiger partial charge in [-0.3, -0.25) is 14.5 Å². The van der Waals surface area contributed by atoms with Gasteiger partial charge in [-0.2, -0.15) is 0 Å². The zero-order chi connectivity index (χ0) is 19.9. The molecule has 3 rings (SSSR count). The lowest BCUT2D eigenvalue weighted by Crippen LogP contribution is -2.54. The maximum absolute atomic E-state index is 12.9. The first-order valence-electron chi connectivity index (χ1n) is 10.2. The maximum Gasteiger partial charge on any atom is 0.260 e. The van der Waals surface area contributed by atoms with Crippen molar-refractivity contribution in [1.29, 1.82) is 0 Å². The van der Waals surface area contributed by atoms with Crippen molar-refractivity contribution < 1.29 is 18.7 Å². The average Bonchev–Trinajstić information content (AvgIpc) is 2.73. The summed E-state index contributed by atoms with van der Waals surface area (Å²) in [5, 5.41) is 0. The van der Waals surface area contributed by atoms with Crippen LogP contribution in [0.3, 0.4) is 0 Å². The molecule has 0 N–H and O–H groups in total. The number of carbonyl (C=O) groups excluding carboxylic acids is 2. The molecule has 1 aromatic rings. The number of ether oxygens (including phenoxy) is 1. The molecule has 154 valence electrons. The molecule has 2 saturated heterocycles. The number of likely N-dealkylation sites (tertiary alicyclic amines) is 1. The van der Waals surface area contributed by atoms with Crippen LogP contribution in [0, 0.1) is 5.82 Å². The van der Waals surface area contributed by atoms with E-state index in [1.807, 2.05) is 0 Å². The monoisotopic (exact) mass is 391 g/mol. The van der Waals surface area contributed by atoms with Crippen LogP contribution in [0.15, 0.2) is 24.3 Å². The van der Waals surface area contributed by atoms with Crippen molar-refractivity contribution in [3.63, 3.8) is 0 Å². The van der Waals surface area contributed by atoms with E-state index in [0.29, 0.717) is 44.5 Å². The highest BCUT2D eigenvalue weighted by Gasteiger charge is 2.28. The molecule has 2 aliphatic rings. The molecule has 2 aliphatic heterocycles. The first kappa shape index (κ1) is 20.6. The first-order valence-corrected chi connectivity index (χ1v) is 10.2. The largest absolute Gasteiger partial charge is 0.484 e. The predicted octanol–water partition coefficient (Wildman–Crippen LogP) is 2.14. The van der Waals surface area contributed by atoms with Crippen molar-refractivity contribution in [3.05, 3.63) is 30.1 Å². The van der Waals surface area contributed by atoms with Crippen molar-refractivity contribution in [2.75, 3.05) is 45.9 Å². The smallest absolute Gasteiger partial charge is 0.260 e. The third kappa shape index (κ3) is 5.44. The normalized spacial score (nSPS) is 20.9. The Balaban J connectivity index is 1.40. The van der Waals surface area contributed by atoms with E-state index in [2.05, 4.69) is 16.7 Å². The molecule has 0 saturated carbocycles. The van der Waals surface area contributed by atoms with Gasteiger partial charge in [0.05, 0.1) is 6.54 Å². The van der Waals surface area contributed by atoms with Crippen molar-refractivity contribution in [2.24, 2.45) is 0 Å². The molecular weight excluding hydrogens is 361 g/mol. The summed E-state index contributed by atoms with van der Waals surface area (Å²) in [7, 11) is 0. The minimum Gasteiger partial charge on any atom is -0.484 e. The summed E-state index contributed by atoms with van der Waals surface area (Å²) in [4.78, 5) is 31.0. The number of benzene rings is 1. The molecule has 0 aliphatic carbocycles. The molecule has 1 aromatic carbocycles. The van der Waals surface area contributed by atoms with Gasteiger partial charge in [-0.05, 0) is 49.9 Å². The van der Waals surface area contributed by atoms with Gasteiger partial charge in [0.15, 0.2) is 6.61 Å². The molecule has 2 amide bonds. The highest BCUT2D eigenvalue weighted by atomic mass is 19.1. The van der Waals surface area contributed by atoms with Crippen molar-refractivity contribution >= 4 is 11.8 Å². The number of hydrogen-bond acceptors (Lipinski definition) is 4. The third-order valence-electron chi connectivity index (χ3n) is 5.68. The number of rotatable bonds is 6. The summed E-state index contributed by atoms with van der Waals surface area (Å²) in [5.41, 5.74) is 0. The Morgan fingerprint density at radius 3 is 2.43 bits per heavy atom. The highest BCUT2D eigenvalue weighted by Crippen LogP contribution is 2.20. The Kier molecular flexibility index (Phi) is 7.25. The van der Waals surface area contributed by atoms with E-state index in [1.54, 1.807) is 4.90 Å². The number of carbonyl (C=O) groups is 2. The first-order chi connectivity index (χ1) is 13.6. The second-order valence-corrected chi connectivity index (χ2v) is 7.54. The molecule has 6 nitrogen and oxygen atoms in total. The lowest BCUT2D eigenvalue weighted by atomic mass is 10.00. The Labute approximate surface area is 166 Å². The summed E-state index contributed by atoms with van der Waals surface area (Å²) in [5.74, 6) is 0.272. The molecule has 1 atom stereocenters. The topological polar surface area (TPSA) is 53.1 Å². The summed E-state index contributed by atoms with van der Waals surface area (Å²) in [6, 6.07) is 6.02. The fourth-order valence-corrected chi connectivity index (χ4v) is 3.96. The number of hydrogen-bond donors (Lipinski definition) is 0. The lowest BCUT2D eigenvalue weighted by Gasteiger charge is -2.38. The number of piperidine rings is 1. The van der Waals surface area contributed by atoms with Gasteiger partial charge in [0.1, 0.15) is 11.6 Å². The number of piperazine rings is 1. The lowest BCUT2D eigenvalue weighted by molar-refractivity contribution is -0.138. The van der Waals surface area contributed by atoms with Crippen LogP contribution < -0.4 is 4.74 Å². The van der Waals surface area contributed by atoms with E-state index in [4.69, 9.17) is 4.74 Å². The van der Waals surface area contributed by atoms with Gasteiger partial charge < -0.3 is 14.5 Å². The fourth-order valence-electron chi connectivity index (χ4n) is 3.96. The molecule has 0 aromatic heterocycles. The van der Waals surface area contributed by atoms with Gasteiger partial charge in [0.2, 0.25) is 5.91 Å². The van der Waals surface area contributed by atoms with Crippen LogP contribution in [0.5, 0.6) is 5.75 Å². The van der Waals surface area contributed by atoms with Crippen LogP contribution in [-0.2, 0) is 9.59 Å². The Morgan fingerprint density at radius 2 is 1.75 bits per heavy atom. The van der Waals surface area contributed by atoms with Gasteiger partial charge >= 0.3 is 0 Å². The Bertz CT molecular complexity index is 659. The molecule has 7 heteroatoms. The highest BCUT2D eigenvalue weighted by molar-refractivity contribution is 5.79. The quantitative estimate of drug-likeness (QED) is 0.746. The fraction of sp³-hybridized carbons (Fsp3) is 0.619. The Morgan fingerprint density at radius 1 is 1.04 bits per heavy atom. The average molecular weight is 391 g/mol. The van der Waals surface area contributed by atoms with E-state index in [1.165, 1.54) is 30.7 Å². The standard InChI is InChI=1S/C21H30FN3O3/c1-2-18-5-3-4-10-25(18)20(26)15-23-11-13-24(14-12-23)21(27)16-28-19-8-6-17(22)7-9-19/h6-9,18H,2-5,10-16H2,1H3. The van der Waals surface area contributed by atoms with Gasteiger partial charge in [-0.15, -0.1) is 0 Å². The van der Waals surface area contributed by atoms with Crippen LogP contribution in [0.1, 0.15) is 32.6 Å². The van der Waals surface area contributed by atoms with Crippen molar-refractivity contribution in [1.82, 2.24) is 14.7 Å². The number of amides is 2. The van der Waals surface area contributed by atoms with E-state index < -0.39 is 0 Å². The molecule has 0 radical (unpaired) electrons. The van der Waals surface area contributed by atoms with E-state index >= 15 is 0 Å². The summed E-state index contributed by atoms with van der Waals surface area (Å²) < 4.78 is 18.3. The van der Waals surface area contributed by atoms with E-state index in [9.17, 15) is 14.0 Å². The second-order valence-electron chi connectivity index (χ2n) is 7.54. The number of halogens is 1. The van der Waals surface area contributed by atoms with Crippen LogP contribution in [-0.4, -0.2) is 78.4 Å². The molecule has 2 fully saturated rings. The van der Waals surface area contributed by atoms with Gasteiger partial charge in [0.25, 0.3) is 5.91 Å². The summed E-state index contributed by atoms with van der Waals surface area (Å²) >= 11 is 0. The summed E-state index contributed by atoms with van der Waals surface area (Å²) in [6.07, 6.45) is 4.43. The third-order valence-corrected chi connectivity index (χ3v) is 5.68. The van der Waals surface area contributed by atoms with Crippen molar-refractivity contribution in [2.45, 2.75) is 38.6 Å². The zero-order valence-electron chi connectivity index (χ0n) is 16.6. The minimum atomic E-state index is -0.334. The zero-order valence-corrected chi connectivity index (χ0v) is 16.6. The van der Waals surface area contributed by atoms with E-state index in [-0.39, 0.29) is 24.2 Å².